The standard InChI is InChI=1S/C24H25NO5/c1-16-11-13-17(14-12-16)21-20(22(28)18-8-4-2-5-9-18)23(29)24(30)25(21)15-7-3-6-10-19(26)27/h2,4-5,8-9,11-14,21,28H,3,6-7,10,15H2,1H3,(H,26,27)/t21-/m0/s1. The molecule has 0 unspecified atom stereocenters. The highest BCUT2D eigenvalue weighted by Gasteiger charge is 2.45. The van der Waals surface area contributed by atoms with E-state index in [1.165, 1.54) is 4.90 Å². The Morgan fingerprint density at radius 2 is 1.60 bits per heavy atom. The number of benzene rings is 2. The first-order valence-electron chi connectivity index (χ1n) is 10.0. The Bertz CT molecular complexity index is 963. The smallest absolute Gasteiger partial charge is 0.303 e. The summed E-state index contributed by atoms with van der Waals surface area (Å²) in [5, 5.41) is 19.7. The summed E-state index contributed by atoms with van der Waals surface area (Å²) in [7, 11) is 0. The fourth-order valence-corrected chi connectivity index (χ4v) is 3.69. The van der Waals surface area contributed by atoms with Crippen LogP contribution in [0.4, 0.5) is 0 Å². The minimum Gasteiger partial charge on any atom is -0.507 e. The molecule has 2 aromatic rings. The molecule has 3 rings (SSSR count). The second-order valence-electron chi connectivity index (χ2n) is 7.47. The molecule has 1 saturated heterocycles. The number of aryl methyl sites for hydroxylation is 1. The van der Waals surface area contributed by atoms with E-state index < -0.39 is 23.7 Å². The van der Waals surface area contributed by atoms with E-state index in [0.29, 0.717) is 31.4 Å². The normalized spacial score (nSPS) is 18.0. The third-order valence-electron chi connectivity index (χ3n) is 5.27. The summed E-state index contributed by atoms with van der Waals surface area (Å²) in [6.07, 6.45) is 1.80. The summed E-state index contributed by atoms with van der Waals surface area (Å²) in [5.74, 6) is -2.38. The minimum absolute atomic E-state index is 0.0776. The second-order valence-corrected chi connectivity index (χ2v) is 7.47. The van der Waals surface area contributed by atoms with Crippen molar-refractivity contribution in [1.82, 2.24) is 4.90 Å². The van der Waals surface area contributed by atoms with Crippen LogP contribution in [0.25, 0.3) is 5.76 Å². The molecule has 1 atom stereocenters. The second kappa shape index (κ2) is 9.39. The molecule has 0 aromatic heterocycles. The van der Waals surface area contributed by atoms with E-state index in [0.717, 1.165) is 11.1 Å². The molecule has 30 heavy (non-hydrogen) atoms. The van der Waals surface area contributed by atoms with E-state index in [9.17, 15) is 19.5 Å². The van der Waals surface area contributed by atoms with E-state index in [-0.39, 0.29) is 17.8 Å². The molecular weight excluding hydrogens is 382 g/mol. The Morgan fingerprint density at radius 3 is 2.23 bits per heavy atom. The first kappa shape index (κ1) is 21.3. The Kier molecular flexibility index (Phi) is 6.67. The summed E-state index contributed by atoms with van der Waals surface area (Å²) in [6, 6.07) is 15.6. The Labute approximate surface area is 175 Å². The maximum absolute atomic E-state index is 12.9. The third kappa shape index (κ3) is 4.59. The van der Waals surface area contributed by atoms with Crippen molar-refractivity contribution in [2.24, 2.45) is 0 Å². The third-order valence-corrected chi connectivity index (χ3v) is 5.27. The van der Waals surface area contributed by atoms with E-state index in [4.69, 9.17) is 5.11 Å². The fourth-order valence-electron chi connectivity index (χ4n) is 3.69. The van der Waals surface area contributed by atoms with Crippen LogP contribution in [0.5, 0.6) is 0 Å². The van der Waals surface area contributed by atoms with Crippen molar-refractivity contribution >= 4 is 23.4 Å². The summed E-state index contributed by atoms with van der Waals surface area (Å²) < 4.78 is 0. The SMILES string of the molecule is Cc1ccc([C@H]2C(=C(O)c3ccccc3)C(=O)C(=O)N2CCCCCC(=O)O)cc1. The fraction of sp³-hybridized carbons (Fsp3) is 0.292. The van der Waals surface area contributed by atoms with Gasteiger partial charge in [-0.25, -0.2) is 0 Å². The predicted octanol–water partition coefficient (Wildman–Crippen LogP) is 4.06. The molecule has 6 nitrogen and oxygen atoms in total. The largest absolute Gasteiger partial charge is 0.507 e. The van der Waals surface area contributed by atoms with Gasteiger partial charge in [0.1, 0.15) is 5.76 Å². The van der Waals surface area contributed by atoms with Gasteiger partial charge in [0.2, 0.25) is 0 Å². The monoisotopic (exact) mass is 407 g/mol. The topological polar surface area (TPSA) is 94.9 Å². The molecule has 1 fully saturated rings. The van der Waals surface area contributed by atoms with Crippen LogP contribution in [0.1, 0.15) is 48.4 Å². The number of carboxylic acids is 1. The molecule has 1 aliphatic rings. The highest BCUT2D eigenvalue weighted by Crippen LogP contribution is 2.39. The summed E-state index contributed by atoms with van der Waals surface area (Å²) in [4.78, 5) is 37.9. The number of aliphatic hydroxyl groups excluding tert-OH is 1. The van der Waals surface area contributed by atoms with Gasteiger partial charge in [-0.15, -0.1) is 0 Å². The van der Waals surface area contributed by atoms with Gasteiger partial charge in [0.05, 0.1) is 11.6 Å². The Balaban J connectivity index is 1.95. The van der Waals surface area contributed by atoms with Crippen LogP contribution >= 0.6 is 0 Å². The van der Waals surface area contributed by atoms with Crippen molar-refractivity contribution in [3.63, 3.8) is 0 Å². The number of likely N-dealkylation sites (tertiary alicyclic amines) is 1. The van der Waals surface area contributed by atoms with Gasteiger partial charge < -0.3 is 15.1 Å². The van der Waals surface area contributed by atoms with Crippen molar-refractivity contribution < 1.29 is 24.6 Å². The van der Waals surface area contributed by atoms with E-state index in [2.05, 4.69) is 0 Å². The van der Waals surface area contributed by atoms with Crippen molar-refractivity contribution in [2.75, 3.05) is 6.54 Å². The lowest BCUT2D eigenvalue weighted by Crippen LogP contribution is -2.30. The van der Waals surface area contributed by atoms with Gasteiger partial charge in [-0.2, -0.15) is 0 Å². The molecule has 2 N–H and O–H groups in total. The number of carbonyl (C=O) groups is 3. The molecule has 156 valence electrons. The zero-order valence-electron chi connectivity index (χ0n) is 16.9. The number of aliphatic carboxylic acids is 1. The number of Topliss-reactive ketones (excluding diaryl/α,β-unsaturated/α-hetero) is 1. The number of hydrogen-bond donors (Lipinski definition) is 2. The summed E-state index contributed by atoms with van der Waals surface area (Å²) in [6.45, 7) is 2.27. The van der Waals surface area contributed by atoms with Crippen LogP contribution < -0.4 is 0 Å². The van der Waals surface area contributed by atoms with Gasteiger partial charge >= 0.3 is 5.97 Å². The first-order chi connectivity index (χ1) is 14.4. The van der Waals surface area contributed by atoms with Crippen LogP contribution in [-0.2, 0) is 14.4 Å². The van der Waals surface area contributed by atoms with E-state index in [1.807, 2.05) is 37.3 Å². The summed E-state index contributed by atoms with van der Waals surface area (Å²) in [5.41, 5.74) is 2.37. The van der Waals surface area contributed by atoms with Crippen LogP contribution in [0.15, 0.2) is 60.2 Å². The number of carbonyl (C=O) groups excluding carboxylic acids is 2. The van der Waals surface area contributed by atoms with Gasteiger partial charge in [0.15, 0.2) is 0 Å². The molecule has 1 heterocycles. The van der Waals surface area contributed by atoms with Gasteiger partial charge in [0.25, 0.3) is 11.7 Å². The average molecular weight is 407 g/mol. The van der Waals surface area contributed by atoms with Crippen molar-refractivity contribution in [3.8, 4) is 0 Å². The first-order valence-corrected chi connectivity index (χ1v) is 10.0. The van der Waals surface area contributed by atoms with E-state index >= 15 is 0 Å². The van der Waals surface area contributed by atoms with E-state index in [1.54, 1.807) is 24.3 Å². The molecule has 6 heteroatoms. The Morgan fingerprint density at radius 1 is 0.933 bits per heavy atom. The van der Waals surface area contributed by atoms with Crippen LogP contribution in [-0.4, -0.2) is 39.3 Å². The molecule has 0 radical (unpaired) electrons. The lowest BCUT2D eigenvalue weighted by Gasteiger charge is -2.25. The predicted molar refractivity (Wildman–Crippen MR) is 113 cm³/mol. The highest BCUT2D eigenvalue weighted by atomic mass is 16.4. The zero-order chi connectivity index (χ0) is 21.7. The van der Waals surface area contributed by atoms with Crippen molar-refractivity contribution in [1.29, 1.82) is 0 Å². The lowest BCUT2D eigenvalue weighted by molar-refractivity contribution is -0.140. The molecule has 1 aliphatic heterocycles. The lowest BCUT2D eigenvalue weighted by atomic mass is 9.94. The van der Waals surface area contributed by atoms with Gasteiger partial charge in [0, 0.05) is 18.5 Å². The molecule has 0 saturated carbocycles. The van der Waals surface area contributed by atoms with Gasteiger partial charge in [-0.05, 0) is 25.3 Å². The molecule has 0 bridgehead atoms. The van der Waals surface area contributed by atoms with Crippen molar-refractivity contribution in [3.05, 3.63) is 76.9 Å². The van der Waals surface area contributed by atoms with Crippen LogP contribution in [0, 0.1) is 6.92 Å². The molecule has 2 aromatic carbocycles. The molecular formula is C24H25NO5. The summed E-state index contributed by atoms with van der Waals surface area (Å²) >= 11 is 0. The molecule has 1 amide bonds. The number of amides is 1. The number of rotatable bonds is 8. The zero-order valence-corrected chi connectivity index (χ0v) is 16.9. The van der Waals surface area contributed by atoms with Gasteiger partial charge in [-0.1, -0.05) is 66.6 Å². The molecule has 0 aliphatic carbocycles. The van der Waals surface area contributed by atoms with Crippen molar-refractivity contribution in [2.45, 2.75) is 38.6 Å². The number of hydrogen-bond acceptors (Lipinski definition) is 4. The average Bonchev–Trinajstić information content (AvgIpc) is 2.99. The molecule has 0 spiro atoms. The minimum atomic E-state index is -0.849. The quantitative estimate of drug-likeness (QED) is 0.298. The highest BCUT2D eigenvalue weighted by molar-refractivity contribution is 6.46. The maximum atomic E-state index is 12.9. The van der Waals surface area contributed by atoms with Gasteiger partial charge in [-0.3, -0.25) is 14.4 Å². The number of ketones is 1. The number of aliphatic hydroxyl groups is 1. The number of unbranched alkanes of at least 4 members (excludes halogenated alkanes) is 2. The van der Waals surface area contributed by atoms with Crippen LogP contribution in [0.3, 0.4) is 0 Å². The van der Waals surface area contributed by atoms with Crippen LogP contribution in [0.2, 0.25) is 0 Å². The number of carboxylic acid groups (broad SMARTS) is 1. The maximum Gasteiger partial charge on any atom is 0.303 e. The number of nitrogens with zero attached hydrogens (tertiary/aromatic N) is 1. The Hall–Kier alpha value is -3.41.